The summed E-state index contributed by atoms with van der Waals surface area (Å²) in [7, 11) is 1.99. The molecule has 3 heteroatoms. The lowest BCUT2D eigenvalue weighted by Crippen LogP contribution is -1.94. The molecule has 2 aromatic carbocycles. The molecule has 1 aromatic heterocycles. The van der Waals surface area contributed by atoms with E-state index >= 15 is 0 Å². The minimum atomic E-state index is 0.0958. The van der Waals surface area contributed by atoms with Crippen molar-refractivity contribution in [3.63, 3.8) is 0 Å². The molecule has 1 aliphatic carbocycles. The number of carbonyl (C=O) groups is 1. The maximum atomic E-state index is 12.6. The summed E-state index contributed by atoms with van der Waals surface area (Å²) in [6.07, 6.45) is 0. The Kier molecular flexibility index (Phi) is 1.99. The first-order chi connectivity index (χ1) is 9.18. The first-order valence-electron chi connectivity index (χ1n) is 6.10. The summed E-state index contributed by atoms with van der Waals surface area (Å²) >= 11 is 6.07. The van der Waals surface area contributed by atoms with Crippen LogP contribution in [-0.4, -0.2) is 10.4 Å². The van der Waals surface area contributed by atoms with Crippen LogP contribution >= 0.6 is 11.6 Å². The van der Waals surface area contributed by atoms with Gasteiger partial charge in [-0.05, 0) is 18.2 Å². The van der Waals surface area contributed by atoms with Gasteiger partial charge in [0.25, 0.3) is 0 Å². The molecule has 0 spiro atoms. The van der Waals surface area contributed by atoms with Gasteiger partial charge in [-0.25, -0.2) is 0 Å². The van der Waals surface area contributed by atoms with E-state index in [2.05, 4.69) is 4.57 Å². The van der Waals surface area contributed by atoms with E-state index < -0.39 is 0 Å². The van der Waals surface area contributed by atoms with Crippen LogP contribution in [0.4, 0.5) is 0 Å². The number of aromatic nitrogens is 1. The van der Waals surface area contributed by atoms with Crippen LogP contribution in [0.15, 0.2) is 42.5 Å². The number of rotatable bonds is 0. The van der Waals surface area contributed by atoms with Crippen LogP contribution in [0.5, 0.6) is 0 Å². The van der Waals surface area contributed by atoms with Crippen molar-refractivity contribution in [1.82, 2.24) is 4.57 Å². The van der Waals surface area contributed by atoms with E-state index in [1.807, 2.05) is 49.5 Å². The average molecular weight is 268 g/mol. The number of fused-ring (bicyclic) bond motifs is 5. The third-order valence-electron chi connectivity index (χ3n) is 3.82. The molecule has 19 heavy (non-hydrogen) atoms. The maximum absolute atomic E-state index is 12.6. The first kappa shape index (κ1) is 10.8. The Balaban J connectivity index is 2.22. The second-order valence-corrected chi connectivity index (χ2v) is 5.26. The molecule has 1 heterocycles. The predicted octanol–water partition coefficient (Wildman–Crippen LogP) is 4.04. The number of halogens is 1. The maximum Gasteiger partial charge on any atom is 0.196 e. The van der Waals surface area contributed by atoms with Gasteiger partial charge in [0.15, 0.2) is 5.78 Å². The molecule has 0 saturated carbocycles. The van der Waals surface area contributed by atoms with Crippen molar-refractivity contribution < 1.29 is 4.79 Å². The van der Waals surface area contributed by atoms with E-state index in [9.17, 15) is 4.79 Å². The van der Waals surface area contributed by atoms with Gasteiger partial charge in [-0.15, -0.1) is 0 Å². The predicted molar refractivity (Wildman–Crippen MR) is 76.8 cm³/mol. The largest absolute Gasteiger partial charge is 0.343 e. The molecule has 0 saturated heterocycles. The SMILES string of the molecule is Cn1c2c(c3cc(Cl)ccc31)C(=O)c1ccccc1-2. The number of ketones is 1. The van der Waals surface area contributed by atoms with Crippen LogP contribution in [0.1, 0.15) is 15.9 Å². The monoisotopic (exact) mass is 267 g/mol. The highest BCUT2D eigenvalue weighted by molar-refractivity contribution is 6.33. The fourth-order valence-electron chi connectivity index (χ4n) is 2.98. The molecule has 0 bridgehead atoms. The highest BCUT2D eigenvalue weighted by atomic mass is 35.5. The van der Waals surface area contributed by atoms with Crippen molar-refractivity contribution in [3.8, 4) is 11.3 Å². The fourth-order valence-corrected chi connectivity index (χ4v) is 3.16. The summed E-state index contributed by atoms with van der Waals surface area (Å²) in [5.74, 6) is 0.0958. The van der Waals surface area contributed by atoms with E-state index in [1.54, 1.807) is 0 Å². The lowest BCUT2D eigenvalue weighted by atomic mass is 10.1. The molecule has 0 unspecified atom stereocenters. The normalized spacial score (nSPS) is 12.8. The van der Waals surface area contributed by atoms with Crippen molar-refractivity contribution in [3.05, 3.63) is 58.6 Å². The molecule has 0 aliphatic heterocycles. The molecule has 4 rings (SSSR count). The van der Waals surface area contributed by atoms with Crippen LogP contribution in [0.25, 0.3) is 22.2 Å². The van der Waals surface area contributed by atoms with Gasteiger partial charge in [-0.3, -0.25) is 4.79 Å². The molecule has 0 radical (unpaired) electrons. The minimum absolute atomic E-state index is 0.0958. The topological polar surface area (TPSA) is 22.0 Å². The molecule has 0 fully saturated rings. The van der Waals surface area contributed by atoms with Crippen LogP contribution in [-0.2, 0) is 7.05 Å². The van der Waals surface area contributed by atoms with Crippen molar-refractivity contribution >= 4 is 28.3 Å². The van der Waals surface area contributed by atoms with Gasteiger partial charge in [0.2, 0.25) is 0 Å². The molecule has 92 valence electrons. The number of nitrogens with zero attached hydrogens (tertiary/aromatic N) is 1. The van der Waals surface area contributed by atoms with E-state index in [-0.39, 0.29) is 5.78 Å². The third-order valence-corrected chi connectivity index (χ3v) is 4.05. The molecule has 0 amide bonds. The zero-order valence-electron chi connectivity index (χ0n) is 10.3. The van der Waals surface area contributed by atoms with Gasteiger partial charge >= 0.3 is 0 Å². The molecule has 3 aromatic rings. The van der Waals surface area contributed by atoms with E-state index in [0.717, 1.165) is 33.3 Å². The summed E-state index contributed by atoms with van der Waals surface area (Å²) < 4.78 is 2.07. The smallest absolute Gasteiger partial charge is 0.196 e. The van der Waals surface area contributed by atoms with Crippen LogP contribution in [0.2, 0.25) is 5.02 Å². The van der Waals surface area contributed by atoms with Gasteiger partial charge < -0.3 is 4.57 Å². The third kappa shape index (κ3) is 1.24. The van der Waals surface area contributed by atoms with Gasteiger partial charge in [0.05, 0.1) is 11.3 Å². The number of aryl methyl sites for hydroxylation is 1. The Bertz CT molecular complexity index is 861. The van der Waals surface area contributed by atoms with Crippen molar-refractivity contribution in [2.45, 2.75) is 0 Å². The summed E-state index contributed by atoms with van der Waals surface area (Å²) in [4.78, 5) is 12.6. The quantitative estimate of drug-likeness (QED) is 0.471. The number of carbonyl (C=O) groups excluding carboxylic acids is 1. The molecular formula is C16H10ClNO. The number of hydrogen-bond donors (Lipinski definition) is 0. The Morgan fingerprint density at radius 3 is 2.58 bits per heavy atom. The summed E-state index contributed by atoms with van der Waals surface area (Å²) in [5, 5.41) is 1.59. The summed E-state index contributed by atoms with van der Waals surface area (Å²) in [5.41, 5.74) is 4.61. The van der Waals surface area contributed by atoms with E-state index in [1.165, 1.54) is 0 Å². The first-order valence-corrected chi connectivity index (χ1v) is 6.48. The van der Waals surface area contributed by atoms with Crippen molar-refractivity contribution in [1.29, 1.82) is 0 Å². The van der Waals surface area contributed by atoms with E-state index in [4.69, 9.17) is 11.6 Å². The standard InChI is InChI=1S/C16H10ClNO/c1-18-13-7-6-9(17)8-12(13)14-15(18)10-4-2-3-5-11(10)16(14)19/h2-8H,1H3. The van der Waals surface area contributed by atoms with Crippen molar-refractivity contribution in [2.75, 3.05) is 0 Å². The second-order valence-electron chi connectivity index (χ2n) is 4.82. The van der Waals surface area contributed by atoms with Gasteiger partial charge in [-0.1, -0.05) is 35.9 Å². The number of benzene rings is 2. The molecule has 0 atom stereocenters. The molecular weight excluding hydrogens is 258 g/mol. The Labute approximate surface area is 115 Å². The number of hydrogen-bond acceptors (Lipinski definition) is 1. The average Bonchev–Trinajstić information content (AvgIpc) is 2.86. The minimum Gasteiger partial charge on any atom is -0.343 e. The Morgan fingerprint density at radius 1 is 1.05 bits per heavy atom. The lowest BCUT2D eigenvalue weighted by molar-refractivity contribution is 0.104. The van der Waals surface area contributed by atoms with Gasteiger partial charge in [0.1, 0.15) is 0 Å². The van der Waals surface area contributed by atoms with E-state index in [0.29, 0.717) is 5.02 Å². The van der Waals surface area contributed by atoms with Gasteiger partial charge in [-0.2, -0.15) is 0 Å². The highest BCUT2D eigenvalue weighted by Crippen LogP contribution is 2.42. The van der Waals surface area contributed by atoms with Crippen molar-refractivity contribution in [2.24, 2.45) is 7.05 Å². The fraction of sp³-hybridized carbons (Fsp3) is 0.0625. The Hall–Kier alpha value is -2.06. The molecule has 1 aliphatic rings. The zero-order valence-corrected chi connectivity index (χ0v) is 11.0. The second kappa shape index (κ2) is 3.49. The molecule has 0 N–H and O–H groups in total. The zero-order chi connectivity index (χ0) is 13.1. The van der Waals surface area contributed by atoms with Gasteiger partial charge in [0, 0.05) is 34.1 Å². The lowest BCUT2D eigenvalue weighted by Gasteiger charge is -2.04. The molecule has 2 nitrogen and oxygen atoms in total. The highest BCUT2D eigenvalue weighted by Gasteiger charge is 2.32. The summed E-state index contributed by atoms with van der Waals surface area (Å²) in [6, 6.07) is 13.4. The Morgan fingerprint density at radius 2 is 1.79 bits per heavy atom. The van der Waals surface area contributed by atoms with Crippen LogP contribution in [0, 0.1) is 0 Å². The van der Waals surface area contributed by atoms with Crippen LogP contribution in [0.3, 0.4) is 0 Å². The van der Waals surface area contributed by atoms with Crippen LogP contribution < -0.4 is 0 Å². The summed E-state index contributed by atoms with van der Waals surface area (Å²) in [6.45, 7) is 0.